The van der Waals surface area contributed by atoms with Crippen molar-refractivity contribution < 1.29 is 23.5 Å². The van der Waals surface area contributed by atoms with Crippen LogP contribution in [0.4, 0.5) is 5.69 Å². The Morgan fingerprint density at radius 3 is 2.51 bits per heavy atom. The topological polar surface area (TPSA) is 81.6 Å². The summed E-state index contributed by atoms with van der Waals surface area (Å²) in [6, 6.07) is 11.6. The summed E-state index contributed by atoms with van der Waals surface area (Å²) in [5.41, 5.74) is 2.49. The molecule has 1 heterocycles. The molecule has 1 aliphatic heterocycles. The van der Waals surface area contributed by atoms with E-state index in [1.807, 2.05) is 43.3 Å². The zero-order chi connectivity index (χ0) is 29.6. The number of carbonyl (C=O) groups is 1. The number of halogens is 1. The van der Waals surface area contributed by atoms with Crippen LogP contribution in [0.3, 0.4) is 0 Å². The molecular formula is C31H44ClN3O5Si. The predicted molar refractivity (Wildman–Crippen MR) is 166 cm³/mol. The molecule has 1 saturated carbocycles. The second kappa shape index (κ2) is 13.5. The summed E-state index contributed by atoms with van der Waals surface area (Å²) < 4.78 is 18.5. The summed E-state index contributed by atoms with van der Waals surface area (Å²) in [5, 5.41) is 7.44. The second-order valence-corrected chi connectivity index (χ2v) is 17.6. The van der Waals surface area contributed by atoms with E-state index >= 15 is 0 Å². The third kappa shape index (κ3) is 8.17. The fourth-order valence-electron chi connectivity index (χ4n) is 4.65. The van der Waals surface area contributed by atoms with E-state index in [-0.39, 0.29) is 10.9 Å². The Balaban J connectivity index is 1.36. The average Bonchev–Trinajstić information content (AvgIpc) is 3.41. The number of anilines is 1. The number of hydrogen-bond donors (Lipinski definition) is 1. The second-order valence-electron chi connectivity index (χ2n) is 12.4. The first-order chi connectivity index (χ1) is 19.4. The summed E-state index contributed by atoms with van der Waals surface area (Å²) in [6.45, 7) is 14.1. The zero-order valence-corrected chi connectivity index (χ0v) is 26.9. The molecule has 0 spiro atoms. The van der Waals surface area contributed by atoms with Gasteiger partial charge in [0.25, 0.3) is 12.1 Å². The number of aryl methyl sites for hydroxylation is 1. The number of nitrogens with one attached hydrogen (secondary N) is 1. The van der Waals surface area contributed by atoms with Crippen LogP contribution in [0.2, 0.25) is 23.2 Å². The van der Waals surface area contributed by atoms with Gasteiger partial charge in [-0.2, -0.15) is 0 Å². The molecule has 41 heavy (non-hydrogen) atoms. The van der Waals surface area contributed by atoms with Crippen LogP contribution in [0.1, 0.15) is 64.0 Å². The van der Waals surface area contributed by atoms with Gasteiger partial charge in [-0.3, -0.25) is 9.69 Å². The van der Waals surface area contributed by atoms with Crippen LogP contribution in [-0.2, 0) is 20.6 Å². The van der Waals surface area contributed by atoms with E-state index in [1.54, 1.807) is 4.90 Å². The van der Waals surface area contributed by atoms with Crippen LogP contribution in [0.5, 0.6) is 11.5 Å². The number of rotatable bonds is 11. The molecule has 10 heteroatoms. The van der Waals surface area contributed by atoms with E-state index < -0.39 is 14.5 Å². The van der Waals surface area contributed by atoms with Gasteiger partial charge in [0.05, 0.1) is 23.4 Å². The monoisotopic (exact) mass is 601 g/mol. The van der Waals surface area contributed by atoms with Gasteiger partial charge in [0.2, 0.25) is 0 Å². The van der Waals surface area contributed by atoms with Gasteiger partial charge >= 0.3 is 0 Å². The van der Waals surface area contributed by atoms with Crippen LogP contribution in [0.15, 0.2) is 41.6 Å². The molecular weight excluding hydrogens is 558 g/mol. The maximum absolute atomic E-state index is 13.2. The SMILES string of the molecule is Cc1cc(Cl)c(OCCO[Si](C)(C)C(C)(C)C)c(N2C=NOC2C(=O)NCc2ccc(OC3CCCCC3)cc2)c1. The molecule has 1 unspecified atom stereocenters. The highest BCUT2D eigenvalue weighted by Gasteiger charge is 2.37. The smallest absolute Gasteiger partial charge is 0.286 e. The standard InChI is InChI=1S/C31H44ClN3O5Si/c1-22-18-26(32)28(37-16-17-38-41(5,6)31(2,3)4)27(19-22)35-21-34-40-30(35)29(36)33-20-23-12-14-25(15-13-23)39-24-10-8-7-9-11-24/h12-15,18-19,21,24,30H,7-11,16-17,20H2,1-6H3,(H,33,36). The number of benzene rings is 2. The highest BCUT2D eigenvalue weighted by Crippen LogP contribution is 2.39. The van der Waals surface area contributed by atoms with Gasteiger partial charge in [-0.25, -0.2) is 0 Å². The molecule has 1 atom stereocenters. The molecule has 0 aromatic heterocycles. The van der Waals surface area contributed by atoms with Crippen LogP contribution in [0, 0.1) is 6.92 Å². The van der Waals surface area contributed by atoms with Crippen molar-refractivity contribution in [2.75, 3.05) is 18.1 Å². The Morgan fingerprint density at radius 2 is 1.83 bits per heavy atom. The van der Waals surface area contributed by atoms with Crippen molar-refractivity contribution in [3.8, 4) is 11.5 Å². The first-order valence-electron chi connectivity index (χ1n) is 14.5. The Morgan fingerprint density at radius 1 is 1.12 bits per heavy atom. The number of amides is 1. The Kier molecular flexibility index (Phi) is 10.3. The summed E-state index contributed by atoms with van der Waals surface area (Å²) in [4.78, 5) is 20.3. The lowest BCUT2D eigenvalue weighted by atomic mass is 9.98. The Labute approximate surface area is 250 Å². The zero-order valence-electron chi connectivity index (χ0n) is 25.2. The average molecular weight is 602 g/mol. The number of ether oxygens (including phenoxy) is 2. The predicted octanol–water partition coefficient (Wildman–Crippen LogP) is 7.18. The molecule has 1 fully saturated rings. The van der Waals surface area contributed by atoms with Crippen molar-refractivity contribution in [3.63, 3.8) is 0 Å². The molecule has 2 aromatic rings. The van der Waals surface area contributed by atoms with E-state index in [1.165, 1.54) is 25.6 Å². The maximum atomic E-state index is 13.2. The summed E-state index contributed by atoms with van der Waals surface area (Å²) in [5.74, 6) is 0.999. The molecule has 1 aliphatic carbocycles. The molecule has 2 aromatic carbocycles. The Hall–Kier alpha value is -2.75. The number of oxime groups is 1. The minimum absolute atomic E-state index is 0.106. The third-order valence-corrected chi connectivity index (χ3v) is 12.9. The normalized spacial score (nSPS) is 17.8. The number of hydrogen-bond acceptors (Lipinski definition) is 7. The van der Waals surface area contributed by atoms with E-state index in [4.69, 9.17) is 30.3 Å². The van der Waals surface area contributed by atoms with Gasteiger partial charge in [-0.1, -0.05) is 56.1 Å². The van der Waals surface area contributed by atoms with Crippen molar-refractivity contribution in [3.05, 3.63) is 52.5 Å². The van der Waals surface area contributed by atoms with E-state index in [0.29, 0.717) is 42.3 Å². The minimum Gasteiger partial charge on any atom is -0.490 e. The lowest BCUT2D eigenvalue weighted by Gasteiger charge is -2.36. The maximum Gasteiger partial charge on any atom is 0.286 e. The molecule has 2 aliphatic rings. The van der Waals surface area contributed by atoms with E-state index in [2.05, 4.69) is 44.3 Å². The first kappa shape index (κ1) is 31.2. The van der Waals surface area contributed by atoms with Crippen molar-refractivity contribution in [1.82, 2.24) is 5.32 Å². The van der Waals surface area contributed by atoms with Crippen LogP contribution in [-0.4, -0.2) is 46.1 Å². The van der Waals surface area contributed by atoms with Gasteiger partial charge in [0, 0.05) is 6.54 Å². The summed E-state index contributed by atoms with van der Waals surface area (Å²) in [6.07, 6.45) is 6.76. The molecule has 1 amide bonds. The molecule has 224 valence electrons. The van der Waals surface area contributed by atoms with E-state index in [0.717, 1.165) is 29.7 Å². The lowest BCUT2D eigenvalue weighted by Crippen LogP contribution is -2.44. The highest BCUT2D eigenvalue weighted by atomic mass is 35.5. The fraction of sp³-hybridized carbons (Fsp3) is 0.548. The molecule has 0 saturated heterocycles. The highest BCUT2D eigenvalue weighted by molar-refractivity contribution is 6.74. The number of carbonyl (C=O) groups excluding carboxylic acids is 1. The Bertz CT molecular complexity index is 1210. The molecule has 1 N–H and O–H groups in total. The van der Waals surface area contributed by atoms with E-state index in [9.17, 15) is 4.79 Å². The van der Waals surface area contributed by atoms with Crippen LogP contribution < -0.4 is 19.7 Å². The number of nitrogens with zero attached hydrogens (tertiary/aromatic N) is 2. The largest absolute Gasteiger partial charge is 0.490 e. The van der Waals surface area contributed by atoms with Crippen LogP contribution in [0.25, 0.3) is 0 Å². The molecule has 0 bridgehead atoms. The van der Waals surface area contributed by atoms with Crippen molar-refractivity contribution in [2.24, 2.45) is 5.16 Å². The first-order valence-corrected chi connectivity index (χ1v) is 17.8. The van der Waals surface area contributed by atoms with Crippen LogP contribution >= 0.6 is 11.6 Å². The minimum atomic E-state index is -1.91. The molecule has 8 nitrogen and oxygen atoms in total. The third-order valence-electron chi connectivity index (χ3n) is 8.10. The summed E-state index contributed by atoms with van der Waals surface area (Å²) in [7, 11) is -1.91. The molecule has 0 radical (unpaired) electrons. The van der Waals surface area contributed by atoms with Crippen molar-refractivity contribution >= 4 is 37.9 Å². The van der Waals surface area contributed by atoms with Gasteiger partial charge in [-0.15, -0.1) is 0 Å². The van der Waals surface area contributed by atoms with Gasteiger partial charge in [0.15, 0.2) is 14.1 Å². The van der Waals surface area contributed by atoms with Crippen molar-refractivity contribution in [2.45, 2.75) is 96.8 Å². The lowest BCUT2D eigenvalue weighted by molar-refractivity contribution is -0.131. The van der Waals surface area contributed by atoms with Gasteiger partial charge in [-0.05, 0) is 86.1 Å². The quantitative estimate of drug-likeness (QED) is 0.217. The summed E-state index contributed by atoms with van der Waals surface area (Å²) >= 11 is 6.62. The van der Waals surface area contributed by atoms with Gasteiger partial charge < -0.3 is 24.1 Å². The molecule has 4 rings (SSSR count). The van der Waals surface area contributed by atoms with Crippen molar-refractivity contribution in [1.29, 1.82) is 0 Å². The van der Waals surface area contributed by atoms with Gasteiger partial charge in [0.1, 0.15) is 18.7 Å². The fourth-order valence-corrected chi connectivity index (χ4v) is 6.00.